The average Bonchev–Trinajstić information content (AvgIpc) is 2.90. The number of hydrogen-bond acceptors (Lipinski definition) is 3. The van der Waals surface area contributed by atoms with Crippen molar-refractivity contribution in [3.63, 3.8) is 0 Å². The Bertz CT molecular complexity index is 828. The molecule has 1 aliphatic rings. The number of carbonyl (C=O) groups is 2. The van der Waals surface area contributed by atoms with Gasteiger partial charge < -0.3 is 10.0 Å². The fourth-order valence-corrected chi connectivity index (χ4v) is 3.64. The van der Waals surface area contributed by atoms with Gasteiger partial charge in [-0.3, -0.25) is 9.59 Å². The van der Waals surface area contributed by atoms with Crippen LogP contribution in [-0.4, -0.2) is 44.8 Å². The molecule has 0 spiro atoms. The van der Waals surface area contributed by atoms with E-state index in [1.54, 1.807) is 11.8 Å². The summed E-state index contributed by atoms with van der Waals surface area (Å²) in [5.41, 5.74) is 2.80. The van der Waals surface area contributed by atoms with E-state index in [2.05, 4.69) is 5.10 Å². The number of carbonyl (C=O) groups excluding carboxylic acids is 1. The number of rotatable bonds is 4. The summed E-state index contributed by atoms with van der Waals surface area (Å²) in [6, 6.07) is 9.82. The van der Waals surface area contributed by atoms with Crippen LogP contribution in [0, 0.1) is 19.3 Å². The largest absolute Gasteiger partial charge is 0.481 e. The highest BCUT2D eigenvalue weighted by Gasteiger charge is 2.39. The molecule has 0 bridgehead atoms. The second-order valence-electron chi connectivity index (χ2n) is 7.36. The molecule has 1 aromatic heterocycles. The first kappa shape index (κ1) is 18.2. The van der Waals surface area contributed by atoms with Gasteiger partial charge in [-0.05, 0) is 45.7 Å². The Balaban J connectivity index is 1.80. The van der Waals surface area contributed by atoms with Crippen LogP contribution in [0.4, 0.5) is 0 Å². The Kier molecular flexibility index (Phi) is 4.85. The average molecular weight is 355 g/mol. The van der Waals surface area contributed by atoms with Crippen molar-refractivity contribution in [1.82, 2.24) is 14.7 Å². The van der Waals surface area contributed by atoms with Gasteiger partial charge in [0.2, 0.25) is 5.91 Å². The highest BCUT2D eigenvalue weighted by molar-refractivity contribution is 5.81. The van der Waals surface area contributed by atoms with Crippen molar-refractivity contribution in [3.05, 3.63) is 47.3 Å². The van der Waals surface area contributed by atoms with E-state index in [0.29, 0.717) is 13.0 Å². The van der Waals surface area contributed by atoms with Crippen LogP contribution in [0.25, 0.3) is 5.69 Å². The normalized spacial score (nSPS) is 20.2. The highest BCUT2D eigenvalue weighted by atomic mass is 16.4. The number of amides is 1. The summed E-state index contributed by atoms with van der Waals surface area (Å²) in [5, 5.41) is 14.0. The molecule has 138 valence electrons. The molecule has 2 heterocycles. The van der Waals surface area contributed by atoms with Crippen LogP contribution in [0.3, 0.4) is 0 Å². The molecule has 6 heteroatoms. The minimum absolute atomic E-state index is 0.0315. The van der Waals surface area contributed by atoms with Gasteiger partial charge in [0.1, 0.15) is 0 Å². The van der Waals surface area contributed by atoms with Gasteiger partial charge in [-0.1, -0.05) is 18.2 Å². The van der Waals surface area contributed by atoms with Crippen molar-refractivity contribution in [3.8, 4) is 5.69 Å². The third kappa shape index (κ3) is 3.36. The summed E-state index contributed by atoms with van der Waals surface area (Å²) in [6.07, 6.45) is 1.58. The molecule has 2 aromatic rings. The fourth-order valence-electron chi connectivity index (χ4n) is 3.64. The molecule has 3 rings (SSSR count). The Labute approximate surface area is 153 Å². The molecule has 1 amide bonds. The highest BCUT2D eigenvalue weighted by Crippen LogP contribution is 2.30. The lowest BCUT2D eigenvalue weighted by molar-refractivity contribution is -0.153. The molecular formula is C20H25N3O3. The number of carboxylic acid groups (broad SMARTS) is 1. The standard InChI is InChI=1S/C20H25N3O3/c1-14-17(15(2)23(21-14)16-8-5-4-6-9-16)12-18(24)22-11-7-10-20(3,13-22)19(25)26/h4-6,8-9H,7,10-13H2,1-3H3,(H,25,26). The number of aliphatic carboxylic acids is 1. The van der Waals surface area contributed by atoms with Crippen molar-refractivity contribution in [2.75, 3.05) is 13.1 Å². The van der Waals surface area contributed by atoms with Gasteiger partial charge in [0.05, 0.1) is 23.2 Å². The van der Waals surface area contributed by atoms with Crippen LogP contribution in [-0.2, 0) is 16.0 Å². The van der Waals surface area contributed by atoms with Gasteiger partial charge in [0, 0.05) is 24.3 Å². The molecule has 1 aromatic carbocycles. The lowest BCUT2D eigenvalue weighted by atomic mass is 9.82. The maximum atomic E-state index is 12.8. The second-order valence-corrected chi connectivity index (χ2v) is 7.36. The van der Waals surface area contributed by atoms with Gasteiger partial charge in [0.15, 0.2) is 0 Å². The van der Waals surface area contributed by atoms with E-state index < -0.39 is 11.4 Å². The summed E-state index contributed by atoms with van der Waals surface area (Å²) in [4.78, 5) is 26.0. The molecule has 1 saturated heterocycles. The van der Waals surface area contributed by atoms with Crippen LogP contribution in [0.2, 0.25) is 0 Å². The zero-order valence-corrected chi connectivity index (χ0v) is 15.5. The number of nitrogens with zero attached hydrogens (tertiary/aromatic N) is 3. The van der Waals surface area contributed by atoms with Crippen molar-refractivity contribution in [1.29, 1.82) is 0 Å². The first-order chi connectivity index (χ1) is 12.3. The summed E-state index contributed by atoms with van der Waals surface area (Å²) in [6.45, 7) is 6.48. The summed E-state index contributed by atoms with van der Waals surface area (Å²) < 4.78 is 1.86. The predicted molar refractivity (Wildman–Crippen MR) is 98.3 cm³/mol. The van der Waals surface area contributed by atoms with E-state index in [9.17, 15) is 14.7 Å². The van der Waals surface area contributed by atoms with Crippen LogP contribution in [0.15, 0.2) is 30.3 Å². The van der Waals surface area contributed by atoms with Crippen molar-refractivity contribution < 1.29 is 14.7 Å². The number of para-hydroxylation sites is 1. The van der Waals surface area contributed by atoms with E-state index in [1.165, 1.54) is 0 Å². The molecule has 26 heavy (non-hydrogen) atoms. The lowest BCUT2D eigenvalue weighted by Gasteiger charge is -2.37. The van der Waals surface area contributed by atoms with E-state index >= 15 is 0 Å². The zero-order valence-electron chi connectivity index (χ0n) is 15.5. The third-order valence-electron chi connectivity index (χ3n) is 5.34. The lowest BCUT2D eigenvalue weighted by Crippen LogP contribution is -2.48. The van der Waals surface area contributed by atoms with Crippen molar-refractivity contribution >= 4 is 11.9 Å². The van der Waals surface area contributed by atoms with Gasteiger partial charge in [0.25, 0.3) is 0 Å². The van der Waals surface area contributed by atoms with E-state index in [-0.39, 0.29) is 18.9 Å². The predicted octanol–water partition coefficient (Wildman–Crippen LogP) is 2.74. The van der Waals surface area contributed by atoms with E-state index in [0.717, 1.165) is 29.1 Å². The molecule has 1 unspecified atom stereocenters. The number of carboxylic acids is 1. The summed E-state index contributed by atoms with van der Waals surface area (Å²) in [5.74, 6) is -0.866. The molecule has 1 aliphatic heterocycles. The molecule has 0 saturated carbocycles. The maximum Gasteiger partial charge on any atom is 0.311 e. The Morgan fingerprint density at radius 3 is 2.58 bits per heavy atom. The first-order valence-electron chi connectivity index (χ1n) is 8.93. The number of piperidine rings is 1. The van der Waals surface area contributed by atoms with Crippen LogP contribution in [0.5, 0.6) is 0 Å². The Morgan fingerprint density at radius 2 is 1.92 bits per heavy atom. The van der Waals surface area contributed by atoms with Gasteiger partial charge >= 0.3 is 5.97 Å². The van der Waals surface area contributed by atoms with Gasteiger partial charge in [-0.15, -0.1) is 0 Å². The van der Waals surface area contributed by atoms with Gasteiger partial charge in [-0.2, -0.15) is 5.10 Å². The topological polar surface area (TPSA) is 75.4 Å². The van der Waals surface area contributed by atoms with Gasteiger partial charge in [-0.25, -0.2) is 4.68 Å². The molecule has 1 atom stereocenters. The summed E-state index contributed by atoms with van der Waals surface area (Å²) >= 11 is 0. The molecule has 6 nitrogen and oxygen atoms in total. The Hall–Kier alpha value is -2.63. The molecule has 0 aliphatic carbocycles. The van der Waals surface area contributed by atoms with Crippen LogP contribution >= 0.6 is 0 Å². The number of likely N-dealkylation sites (tertiary alicyclic amines) is 1. The minimum atomic E-state index is -0.855. The molecule has 0 radical (unpaired) electrons. The maximum absolute atomic E-state index is 12.8. The smallest absolute Gasteiger partial charge is 0.311 e. The Morgan fingerprint density at radius 1 is 1.23 bits per heavy atom. The number of aryl methyl sites for hydroxylation is 1. The molecular weight excluding hydrogens is 330 g/mol. The minimum Gasteiger partial charge on any atom is -0.481 e. The number of aromatic nitrogens is 2. The number of hydrogen-bond donors (Lipinski definition) is 1. The van der Waals surface area contributed by atoms with Crippen LogP contribution in [0.1, 0.15) is 36.7 Å². The van der Waals surface area contributed by atoms with Crippen molar-refractivity contribution in [2.24, 2.45) is 5.41 Å². The van der Waals surface area contributed by atoms with Crippen LogP contribution < -0.4 is 0 Å². The summed E-state index contributed by atoms with van der Waals surface area (Å²) in [7, 11) is 0. The third-order valence-corrected chi connectivity index (χ3v) is 5.34. The van der Waals surface area contributed by atoms with Crippen molar-refractivity contribution in [2.45, 2.75) is 40.0 Å². The monoisotopic (exact) mass is 355 g/mol. The SMILES string of the molecule is Cc1nn(-c2ccccc2)c(C)c1CC(=O)N1CCCC(C)(C(=O)O)C1. The molecule has 1 N–H and O–H groups in total. The van der Waals surface area contributed by atoms with E-state index in [1.807, 2.05) is 48.9 Å². The van der Waals surface area contributed by atoms with E-state index in [4.69, 9.17) is 0 Å². The zero-order chi connectivity index (χ0) is 18.9. The number of benzene rings is 1. The first-order valence-corrected chi connectivity index (χ1v) is 8.93. The fraction of sp³-hybridized carbons (Fsp3) is 0.450. The second kappa shape index (κ2) is 6.94. The quantitative estimate of drug-likeness (QED) is 0.915. The molecule has 1 fully saturated rings.